The van der Waals surface area contributed by atoms with Crippen molar-refractivity contribution in [2.24, 2.45) is 0 Å². The Morgan fingerprint density at radius 3 is 2.46 bits per heavy atom. The first-order valence-electron chi connectivity index (χ1n) is 7.59. The molecule has 1 amide bonds. The van der Waals surface area contributed by atoms with Crippen molar-refractivity contribution in [3.05, 3.63) is 53.1 Å². The lowest BCUT2D eigenvalue weighted by Gasteiger charge is -2.16. The summed E-state index contributed by atoms with van der Waals surface area (Å²) in [5.74, 6) is -0.408. The van der Waals surface area contributed by atoms with E-state index in [-0.39, 0.29) is 16.6 Å². The molecule has 1 unspecified atom stereocenters. The normalized spacial score (nSPS) is 11.8. The number of nitrogens with one attached hydrogen (secondary N) is 1. The number of carbonyl (C=O) groups excluding carboxylic acids is 2. The van der Waals surface area contributed by atoms with Crippen LogP contribution in [0.15, 0.2) is 42.5 Å². The number of ether oxygens (including phenoxy) is 2. The van der Waals surface area contributed by atoms with E-state index in [1.807, 2.05) is 0 Å². The predicted octanol–water partition coefficient (Wildman–Crippen LogP) is 4.55. The van der Waals surface area contributed by atoms with Crippen molar-refractivity contribution in [3.8, 4) is 11.5 Å². The number of hydrogen-bond donors (Lipinski definition) is 1. The minimum Gasteiger partial charge on any atom is -0.481 e. The molecule has 1 atom stereocenters. The molecule has 0 aliphatic rings. The molecule has 2 aromatic rings. The lowest BCUT2D eigenvalue weighted by atomic mass is 10.1. The Balaban J connectivity index is 2.02. The second-order valence-corrected chi connectivity index (χ2v) is 5.76. The Morgan fingerprint density at radius 2 is 1.85 bits per heavy atom. The monoisotopic (exact) mass is 383 g/mol. The Morgan fingerprint density at radius 1 is 1.12 bits per heavy atom. The highest BCUT2D eigenvalue weighted by Gasteiger charge is 2.16. The number of anilines is 1. The van der Waals surface area contributed by atoms with Crippen molar-refractivity contribution in [2.45, 2.75) is 26.6 Å². The number of amides is 1. The molecule has 2 rings (SSSR count). The van der Waals surface area contributed by atoms with Gasteiger partial charge in [0.15, 0.2) is 11.9 Å². The maximum absolute atomic E-state index is 12.2. The van der Waals surface area contributed by atoms with Gasteiger partial charge in [0.2, 0.25) is 0 Å². The zero-order valence-electron chi connectivity index (χ0n) is 14.0. The molecule has 138 valence electrons. The molecule has 2 aromatic carbocycles. The van der Waals surface area contributed by atoms with Crippen molar-refractivity contribution in [1.82, 2.24) is 0 Å². The molecule has 0 heterocycles. The summed E-state index contributed by atoms with van der Waals surface area (Å²) in [5, 5.41) is 2.50. The largest absolute Gasteiger partial charge is 0.481 e. The molecule has 0 saturated heterocycles. The van der Waals surface area contributed by atoms with Crippen LogP contribution in [-0.2, 0) is 4.79 Å². The van der Waals surface area contributed by atoms with Crippen LogP contribution in [0.5, 0.6) is 11.5 Å². The molecule has 0 aliphatic carbocycles. The van der Waals surface area contributed by atoms with Crippen LogP contribution < -0.4 is 14.8 Å². The highest BCUT2D eigenvalue weighted by molar-refractivity contribution is 6.32. The Bertz CT molecular complexity index is 814. The zero-order chi connectivity index (χ0) is 19.3. The van der Waals surface area contributed by atoms with E-state index in [1.165, 1.54) is 32.0 Å². The van der Waals surface area contributed by atoms with Gasteiger partial charge in [0, 0.05) is 11.3 Å². The second kappa shape index (κ2) is 8.62. The molecule has 0 aromatic heterocycles. The molecule has 26 heavy (non-hydrogen) atoms. The minimum absolute atomic E-state index is 0.0640. The molecular formula is C18H16ClF2NO4. The zero-order valence-corrected chi connectivity index (χ0v) is 14.7. The third-order valence-corrected chi connectivity index (χ3v) is 3.63. The van der Waals surface area contributed by atoms with E-state index in [9.17, 15) is 18.4 Å². The fraction of sp³-hybridized carbons (Fsp3) is 0.222. The topological polar surface area (TPSA) is 64.6 Å². The Kier molecular flexibility index (Phi) is 6.52. The molecule has 0 radical (unpaired) electrons. The van der Waals surface area contributed by atoms with Gasteiger partial charge in [-0.15, -0.1) is 0 Å². The standard InChI is InChI=1S/C18H16ClF2NO4/c1-10(23)12-4-3-5-14(8-12)25-11(2)17(24)22-13-6-7-16(15(19)9-13)26-18(20)21/h3-9,11,18H,1-2H3,(H,22,24). The maximum Gasteiger partial charge on any atom is 0.387 e. The summed E-state index contributed by atoms with van der Waals surface area (Å²) in [6, 6.07) is 10.4. The minimum atomic E-state index is -2.99. The summed E-state index contributed by atoms with van der Waals surface area (Å²) in [7, 11) is 0. The molecule has 0 saturated carbocycles. The fourth-order valence-electron chi connectivity index (χ4n) is 2.06. The third-order valence-electron chi connectivity index (χ3n) is 3.34. The van der Waals surface area contributed by atoms with Crippen molar-refractivity contribution in [2.75, 3.05) is 5.32 Å². The highest BCUT2D eigenvalue weighted by atomic mass is 35.5. The molecule has 1 N–H and O–H groups in total. The first-order valence-corrected chi connectivity index (χ1v) is 7.97. The molecule has 5 nitrogen and oxygen atoms in total. The van der Waals surface area contributed by atoms with Gasteiger partial charge in [0.25, 0.3) is 5.91 Å². The molecule has 0 aliphatic heterocycles. The maximum atomic E-state index is 12.2. The van der Waals surface area contributed by atoms with E-state index in [0.717, 1.165) is 0 Å². The smallest absolute Gasteiger partial charge is 0.387 e. The lowest BCUT2D eigenvalue weighted by molar-refractivity contribution is -0.122. The van der Waals surface area contributed by atoms with Gasteiger partial charge < -0.3 is 14.8 Å². The van der Waals surface area contributed by atoms with Crippen LogP contribution >= 0.6 is 11.6 Å². The second-order valence-electron chi connectivity index (χ2n) is 5.36. The van der Waals surface area contributed by atoms with Crippen molar-refractivity contribution in [1.29, 1.82) is 0 Å². The van der Waals surface area contributed by atoms with Crippen molar-refractivity contribution < 1.29 is 27.8 Å². The van der Waals surface area contributed by atoms with Crippen LogP contribution in [0.1, 0.15) is 24.2 Å². The molecular weight excluding hydrogens is 368 g/mol. The van der Waals surface area contributed by atoms with Gasteiger partial charge in [-0.3, -0.25) is 9.59 Å². The van der Waals surface area contributed by atoms with E-state index in [1.54, 1.807) is 24.3 Å². The van der Waals surface area contributed by atoms with E-state index in [4.69, 9.17) is 16.3 Å². The molecule has 0 bridgehead atoms. The number of carbonyl (C=O) groups is 2. The lowest BCUT2D eigenvalue weighted by Crippen LogP contribution is -2.30. The number of hydrogen-bond acceptors (Lipinski definition) is 4. The van der Waals surface area contributed by atoms with Gasteiger partial charge in [0.05, 0.1) is 5.02 Å². The van der Waals surface area contributed by atoms with Crippen LogP contribution in [0.3, 0.4) is 0 Å². The van der Waals surface area contributed by atoms with E-state index >= 15 is 0 Å². The van der Waals surface area contributed by atoms with E-state index in [2.05, 4.69) is 10.1 Å². The summed E-state index contributed by atoms with van der Waals surface area (Å²) in [6.45, 7) is -0.0291. The van der Waals surface area contributed by atoms with Gasteiger partial charge in [-0.1, -0.05) is 23.7 Å². The summed E-state index contributed by atoms with van der Waals surface area (Å²) in [5.41, 5.74) is 0.770. The van der Waals surface area contributed by atoms with Crippen LogP contribution in [-0.4, -0.2) is 24.4 Å². The van der Waals surface area contributed by atoms with Crippen LogP contribution in [0.2, 0.25) is 5.02 Å². The van der Waals surface area contributed by atoms with Gasteiger partial charge in [-0.25, -0.2) is 0 Å². The van der Waals surface area contributed by atoms with Crippen molar-refractivity contribution in [3.63, 3.8) is 0 Å². The van der Waals surface area contributed by atoms with Crippen LogP contribution in [0, 0.1) is 0 Å². The van der Waals surface area contributed by atoms with Gasteiger partial charge >= 0.3 is 6.61 Å². The number of ketones is 1. The highest BCUT2D eigenvalue weighted by Crippen LogP contribution is 2.29. The average molecular weight is 384 g/mol. The Labute approximate surface area is 153 Å². The van der Waals surface area contributed by atoms with Gasteiger partial charge in [-0.05, 0) is 44.2 Å². The number of Topliss-reactive ketones (excluding diaryl/α,β-unsaturated/α-hetero) is 1. The first kappa shape index (κ1) is 19.7. The Hall–Kier alpha value is -2.67. The summed E-state index contributed by atoms with van der Waals surface area (Å²) >= 11 is 5.84. The van der Waals surface area contributed by atoms with Crippen molar-refractivity contribution >= 4 is 29.0 Å². The average Bonchev–Trinajstić information content (AvgIpc) is 2.57. The van der Waals surface area contributed by atoms with Gasteiger partial charge in [-0.2, -0.15) is 8.78 Å². The summed E-state index contributed by atoms with van der Waals surface area (Å²) < 4.78 is 34.2. The van der Waals surface area contributed by atoms with E-state index in [0.29, 0.717) is 17.0 Å². The molecule has 0 fully saturated rings. The summed E-state index contributed by atoms with van der Waals surface area (Å²) in [6.07, 6.45) is -0.868. The molecule has 8 heteroatoms. The SMILES string of the molecule is CC(=O)c1cccc(OC(C)C(=O)Nc2ccc(OC(F)F)c(Cl)c2)c1. The number of rotatable bonds is 7. The first-order chi connectivity index (χ1) is 12.3. The van der Waals surface area contributed by atoms with E-state index < -0.39 is 18.6 Å². The third kappa shape index (κ3) is 5.42. The van der Waals surface area contributed by atoms with Crippen LogP contribution in [0.25, 0.3) is 0 Å². The predicted molar refractivity (Wildman–Crippen MR) is 93.3 cm³/mol. The number of benzene rings is 2. The molecule has 0 spiro atoms. The van der Waals surface area contributed by atoms with Gasteiger partial charge in [0.1, 0.15) is 11.5 Å². The fourth-order valence-corrected chi connectivity index (χ4v) is 2.29. The summed E-state index contributed by atoms with van der Waals surface area (Å²) in [4.78, 5) is 23.6. The number of alkyl halides is 2. The quantitative estimate of drug-likeness (QED) is 0.712. The van der Waals surface area contributed by atoms with Crippen LogP contribution in [0.4, 0.5) is 14.5 Å². The number of halogens is 3.